The minimum atomic E-state index is -1.99. The van der Waals surface area contributed by atoms with Gasteiger partial charge >= 0.3 is 0 Å². The number of fused-ring (bicyclic) bond motifs is 1. The summed E-state index contributed by atoms with van der Waals surface area (Å²) < 4.78 is 21.5. The number of nitriles is 1. The molecule has 1 atom stereocenters. The first-order chi connectivity index (χ1) is 18.9. The number of halogens is 1. The van der Waals surface area contributed by atoms with Crippen LogP contribution in [0.15, 0.2) is 84.9 Å². The fourth-order valence-electron chi connectivity index (χ4n) is 5.06. The van der Waals surface area contributed by atoms with E-state index in [2.05, 4.69) is 29.2 Å². The van der Waals surface area contributed by atoms with Gasteiger partial charge in [0.15, 0.2) is 5.67 Å². The first-order valence-corrected chi connectivity index (χ1v) is 12.6. The number of H-pyrrole nitrogens is 1. The molecule has 1 aliphatic heterocycles. The molecule has 5 rings (SSSR count). The third kappa shape index (κ3) is 4.64. The molecule has 2 aliphatic rings. The Labute approximate surface area is 225 Å². The van der Waals surface area contributed by atoms with Gasteiger partial charge in [0, 0.05) is 42.4 Å². The average Bonchev–Trinajstić information content (AvgIpc) is 3.57. The predicted octanol–water partition coefficient (Wildman–Crippen LogP) is 6.00. The lowest BCUT2D eigenvalue weighted by Gasteiger charge is -2.26. The van der Waals surface area contributed by atoms with Crippen molar-refractivity contribution in [1.29, 1.82) is 5.26 Å². The summed E-state index contributed by atoms with van der Waals surface area (Å²) in [6.45, 7) is 8.06. The van der Waals surface area contributed by atoms with Crippen LogP contribution in [0.4, 0.5) is 4.39 Å². The Kier molecular flexibility index (Phi) is 6.90. The number of allylic oxidation sites excluding steroid dienone is 6. The molecular formula is C31H27FN4O3. The highest BCUT2D eigenvalue weighted by atomic mass is 19.1. The summed E-state index contributed by atoms with van der Waals surface area (Å²) in [7, 11) is 0. The Balaban J connectivity index is 1.50. The Morgan fingerprint density at radius 2 is 2.21 bits per heavy atom. The minimum Gasteiger partial charge on any atom is -0.505 e. The molecule has 4 heterocycles. The van der Waals surface area contributed by atoms with E-state index >= 15 is 4.39 Å². The molecule has 0 fully saturated rings. The van der Waals surface area contributed by atoms with Gasteiger partial charge in [0.25, 0.3) is 5.91 Å². The van der Waals surface area contributed by atoms with Crippen LogP contribution >= 0.6 is 0 Å². The molecule has 1 amide bonds. The number of hydrogen-bond donors (Lipinski definition) is 2. The van der Waals surface area contributed by atoms with Crippen molar-refractivity contribution < 1.29 is 18.7 Å². The lowest BCUT2D eigenvalue weighted by molar-refractivity contribution is 0.0764. The molecule has 0 saturated heterocycles. The molecule has 0 saturated carbocycles. The standard InChI is InChI=1S/C31H27FN4O3/c1-3-12-31(32,4-2)25-17-21(23-11-16-39-19-23)7-8-24-27(25)35-28(29(24)37)30(38)36-14-9-20(10-15-36)26-22(18-33)6-5-13-34-26/h3-7,9,11,13,16-17,19,35,37H,1-2,8,10,12,14-15H2. The maximum Gasteiger partial charge on any atom is 0.274 e. The van der Waals surface area contributed by atoms with E-state index in [4.69, 9.17) is 4.42 Å². The van der Waals surface area contributed by atoms with Gasteiger partial charge in [-0.2, -0.15) is 5.26 Å². The molecule has 8 heteroatoms. The average molecular weight is 523 g/mol. The predicted molar refractivity (Wildman–Crippen MR) is 147 cm³/mol. The fraction of sp³-hybridized carbons (Fsp3) is 0.194. The molecule has 3 aromatic rings. The number of pyridine rings is 1. The first kappa shape index (κ1) is 25.7. The summed E-state index contributed by atoms with van der Waals surface area (Å²) in [6.07, 6.45) is 13.6. The van der Waals surface area contributed by atoms with Crippen LogP contribution in [0, 0.1) is 11.3 Å². The van der Waals surface area contributed by atoms with Crippen molar-refractivity contribution in [2.75, 3.05) is 13.1 Å². The molecule has 0 spiro atoms. The maximum absolute atomic E-state index is 16.3. The maximum atomic E-state index is 16.3. The van der Waals surface area contributed by atoms with Crippen LogP contribution in [0.25, 0.3) is 16.7 Å². The number of carbonyl (C=O) groups excluding carboxylic acids is 1. The number of alkyl halides is 1. The van der Waals surface area contributed by atoms with E-state index in [9.17, 15) is 15.2 Å². The zero-order chi connectivity index (χ0) is 27.6. The van der Waals surface area contributed by atoms with Crippen molar-refractivity contribution >= 4 is 22.6 Å². The number of nitrogens with zero attached hydrogens (tertiary/aromatic N) is 3. The minimum absolute atomic E-state index is 0.00322. The Hall–Kier alpha value is -4.90. The van der Waals surface area contributed by atoms with Crippen molar-refractivity contribution in [2.24, 2.45) is 0 Å². The lowest BCUT2D eigenvalue weighted by Crippen LogP contribution is -2.35. The van der Waals surface area contributed by atoms with Crippen LogP contribution in [0.5, 0.6) is 5.75 Å². The number of aromatic amines is 1. The largest absolute Gasteiger partial charge is 0.505 e. The van der Waals surface area contributed by atoms with Crippen LogP contribution in [-0.2, 0) is 6.42 Å². The summed E-state index contributed by atoms with van der Waals surface area (Å²) in [5, 5.41) is 20.6. The molecule has 1 unspecified atom stereocenters. The van der Waals surface area contributed by atoms with Gasteiger partial charge in [-0.15, -0.1) is 6.58 Å². The zero-order valence-corrected chi connectivity index (χ0v) is 21.3. The quantitative estimate of drug-likeness (QED) is 0.370. The van der Waals surface area contributed by atoms with Gasteiger partial charge in [-0.25, -0.2) is 4.39 Å². The van der Waals surface area contributed by atoms with Crippen molar-refractivity contribution in [3.8, 4) is 11.8 Å². The summed E-state index contributed by atoms with van der Waals surface area (Å²) in [5.41, 5.74) is 2.50. The van der Waals surface area contributed by atoms with Gasteiger partial charge < -0.3 is 19.4 Å². The van der Waals surface area contributed by atoms with E-state index in [1.54, 1.807) is 41.6 Å². The van der Waals surface area contributed by atoms with Gasteiger partial charge in [-0.3, -0.25) is 9.78 Å². The number of hydrogen-bond acceptors (Lipinski definition) is 5. The second kappa shape index (κ2) is 10.5. The van der Waals surface area contributed by atoms with Crippen molar-refractivity contribution in [3.63, 3.8) is 0 Å². The van der Waals surface area contributed by atoms with Gasteiger partial charge in [-0.1, -0.05) is 24.8 Å². The number of nitrogens with one attached hydrogen (secondary N) is 1. The number of amides is 1. The molecule has 2 N–H and O–H groups in total. The van der Waals surface area contributed by atoms with Crippen LogP contribution < -0.4 is 0 Å². The molecular weight excluding hydrogens is 495 g/mol. The van der Waals surface area contributed by atoms with Crippen LogP contribution in [0.3, 0.4) is 0 Å². The van der Waals surface area contributed by atoms with Crippen molar-refractivity contribution in [2.45, 2.75) is 24.9 Å². The molecule has 0 bridgehead atoms. The number of aromatic hydroxyl groups is 1. The number of rotatable bonds is 7. The molecule has 3 aromatic heterocycles. The second-order valence-corrected chi connectivity index (χ2v) is 9.44. The van der Waals surface area contributed by atoms with E-state index < -0.39 is 11.6 Å². The van der Waals surface area contributed by atoms with E-state index in [0.717, 1.165) is 16.7 Å². The normalized spacial score (nSPS) is 16.5. The topological polar surface area (TPSA) is 106 Å². The zero-order valence-electron chi connectivity index (χ0n) is 21.3. The SMILES string of the molecule is C=CCC(F)(C=C)C1=CC(c2ccoc2)=CCc2c1[nH]c(C(=O)N1CC=C(c3ncccc3C#N)CC1)c2O. The van der Waals surface area contributed by atoms with E-state index in [1.165, 1.54) is 18.4 Å². The molecule has 0 radical (unpaired) electrons. The van der Waals surface area contributed by atoms with E-state index in [1.807, 2.05) is 12.2 Å². The third-order valence-electron chi connectivity index (χ3n) is 7.18. The smallest absolute Gasteiger partial charge is 0.274 e. The highest BCUT2D eigenvalue weighted by molar-refractivity contribution is 5.99. The second-order valence-electron chi connectivity index (χ2n) is 9.44. The van der Waals surface area contributed by atoms with Crippen LogP contribution in [0.2, 0.25) is 0 Å². The van der Waals surface area contributed by atoms with E-state index in [0.29, 0.717) is 35.5 Å². The highest BCUT2D eigenvalue weighted by Crippen LogP contribution is 2.44. The van der Waals surface area contributed by atoms with Gasteiger partial charge in [0.2, 0.25) is 0 Å². The van der Waals surface area contributed by atoms with Crippen molar-refractivity contribution in [3.05, 3.63) is 114 Å². The molecule has 1 aliphatic carbocycles. The van der Waals surface area contributed by atoms with Gasteiger partial charge in [0.05, 0.1) is 29.5 Å². The summed E-state index contributed by atoms with van der Waals surface area (Å²) in [5.74, 6) is -0.607. The van der Waals surface area contributed by atoms with Gasteiger partial charge in [0.1, 0.15) is 17.5 Å². The Morgan fingerprint density at radius 1 is 1.36 bits per heavy atom. The molecule has 0 aromatic carbocycles. The van der Waals surface area contributed by atoms with Crippen LogP contribution in [-0.4, -0.2) is 44.6 Å². The fourth-order valence-corrected chi connectivity index (χ4v) is 5.06. The Bertz CT molecular complexity index is 1590. The summed E-state index contributed by atoms with van der Waals surface area (Å²) >= 11 is 0. The van der Waals surface area contributed by atoms with Gasteiger partial charge in [-0.05, 0) is 54.3 Å². The highest BCUT2D eigenvalue weighted by Gasteiger charge is 2.37. The molecule has 7 nitrogen and oxygen atoms in total. The number of carbonyl (C=O) groups is 1. The summed E-state index contributed by atoms with van der Waals surface area (Å²) in [4.78, 5) is 22.5. The van der Waals surface area contributed by atoms with Crippen molar-refractivity contribution in [1.82, 2.24) is 14.9 Å². The Morgan fingerprint density at radius 3 is 2.87 bits per heavy atom. The number of aromatic nitrogens is 2. The molecule has 196 valence electrons. The third-order valence-corrected chi connectivity index (χ3v) is 7.18. The monoisotopic (exact) mass is 522 g/mol. The number of furan rings is 1. The van der Waals surface area contributed by atoms with E-state index in [-0.39, 0.29) is 36.4 Å². The first-order valence-electron chi connectivity index (χ1n) is 12.6. The summed E-state index contributed by atoms with van der Waals surface area (Å²) in [6, 6.07) is 7.35. The van der Waals surface area contributed by atoms with Crippen LogP contribution in [0.1, 0.15) is 51.4 Å². The lowest BCUT2D eigenvalue weighted by atomic mass is 9.87. The molecule has 39 heavy (non-hydrogen) atoms.